The van der Waals surface area contributed by atoms with Crippen molar-refractivity contribution < 1.29 is 92.9 Å². The lowest BCUT2D eigenvalue weighted by Crippen LogP contribution is -2.57. The molecule has 0 aliphatic rings. The first-order valence-electron chi connectivity index (χ1n) is 19.6. The normalized spacial score (nSPS) is 13.2. The highest BCUT2D eigenvalue weighted by Crippen LogP contribution is 2.22. The summed E-state index contributed by atoms with van der Waals surface area (Å²) in [7, 11) is 2.08. The monoisotopic (exact) mass is 1010 g/mol. The molecule has 1 aromatic carbocycles. The predicted molar refractivity (Wildman–Crippen MR) is 236 cm³/mol. The molecule has 1 aromatic rings. The van der Waals surface area contributed by atoms with Crippen molar-refractivity contribution in [3.05, 3.63) is 35.9 Å². The van der Waals surface area contributed by atoms with Gasteiger partial charge in [0.05, 0.1) is 6.42 Å². The summed E-state index contributed by atoms with van der Waals surface area (Å²) in [6.07, 6.45) is -5.65. The van der Waals surface area contributed by atoms with Gasteiger partial charge in [0.25, 0.3) is 0 Å². The van der Waals surface area contributed by atoms with E-state index in [2.05, 4.69) is 31.9 Å². The first kappa shape index (κ1) is 58.1. The number of hydrazine groups is 1. The van der Waals surface area contributed by atoms with E-state index in [0.717, 1.165) is 28.5 Å². The summed E-state index contributed by atoms with van der Waals surface area (Å²) in [4.78, 5) is 145. The molecule has 27 nitrogen and oxygen atoms in total. The van der Waals surface area contributed by atoms with Gasteiger partial charge in [-0.15, -0.1) is 0 Å². The number of carbonyl (C=O) groups excluding carboxylic acids is 6. The van der Waals surface area contributed by atoms with Crippen LogP contribution in [-0.4, -0.2) is 162 Å². The van der Waals surface area contributed by atoms with Crippen molar-refractivity contribution in [2.75, 3.05) is 18.1 Å². The Hall–Kier alpha value is -6.95. The van der Waals surface area contributed by atoms with Crippen LogP contribution in [0.1, 0.15) is 57.4 Å². The van der Waals surface area contributed by atoms with E-state index in [-0.39, 0.29) is 24.5 Å². The Morgan fingerprint density at radius 1 is 0.567 bits per heavy atom. The topological polar surface area (TPSA) is 432 Å². The SMILES string of the molecule is CC(=O)NNC(=O)OCCSSC[C@H](NC(=O)[C@H](Cc1ccccc1)NC(=O)[C@H](CC(=O)O)NC(=O)CC[C@H](NC(=O)CC[C@@H](NC(=S)N[C@H](CCC(=O)O)C(=O)O)C(=O)O)C(=O)O)C(=O)O. The smallest absolute Gasteiger partial charge is 0.426 e. The van der Waals surface area contributed by atoms with Crippen LogP contribution in [0.3, 0.4) is 0 Å². The molecule has 0 heterocycles. The molecular formula is C37H50N8O19S3. The van der Waals surface area contributed by atoms with Gasteiger partial charge < -0.3 is 67.3 Å². The first-order valence-corrected chi connectivity index (χ1v) is 22.5. The third kappa shape index (κ3) is 26.0. The fourth-order valence-electron chi connectivity index (χ4n) is 5.16. The van der Waals surface area contributed by atoms with Gasteiger partial charge in [-0.1, -0.05) is 51.9 Å². The van der Waals surface area contributed by atoms with Crippen molar-refractivity contribution >= 4 is 110 Å². The Balaban J connectivity index is 2.95. The number of thiocarbonyl (C=S) groups is 1. The third-order valence-electron chi connectivity index (χ3n) is 8.43. The maximum Gasteiger partial charge on any atom is 0.426 e. The molecule has 6 amide bonds. The second kappa shape index (κ2) is 31.1. The summed E-state index contributed by atoms with van der Waals surface area (Å²) in [6, 6.07) is -1.72. The van der Waals surface area contributed by atoms with E-state index in [1.165, 1.54) is 0 Å². The predicted octanol–water partition coefficient (Wildman–Crippen LogP) is -2.23. The van der Waals surface area contributed by atoms with Gasteiger partial charge in [0.2, 0.25) is 29.5 Å². The molecule has 0 fully saturated rings. The van der Waals surface area contributed by atoms with E-state index < -0.39 is 158 Å². The molecule has 0 unspecified atom stereocenters. The summed E-state index contributed by atoms with van der Waals surface area (Å²) >= 11 is 4.93. The maximum absolute atomic E-state index is 13.5. The lowest BCUT2D eigenvalue weighted by Gasteiger charge is -2.24. The molecule has 30 heteroatoms. The van der Waals surface area contributed by atoms with Crippen LogP contribution in [0.5, 0.6) is 0 Å². The van der Waals surface area contributed by atoms with Gasteiger partial charge in [-0.05, 0) is 37.0 Å². The van der Waals surface area contributed by atoms with Crippen LogP contribution < -0.4 is 42.8 Å². The van der Waals surface area contributed by atoms with E-state index >= 15 is 0 Å². The number of carbonyl (C=O) groups is 12. The van der Waals surface area contributed by atoms with E-state index in [1.807, 2.05) is 10.9 Å². The lowest BCUT2D eigenvalue weighted by atomic mass is 10.0. The molecule has 14 N–H and O–H groups in total. The van der Waals surface area contributed by atoms with Gasteiger partial charge in [-0.25, -0.2) is 29.4 Å². The van der Waals surface area contributed by atoms with Crippen molar-refractivity contribution in [3.8, 4) is 0 Å². The molecule has 0 aromatic heterocycles. The minimum absolute atomic E-state index is 0.129. The summed E-state index contributed by atoms with van der Waals surface area (Å²) in [5.74, 6) is -13.8. The van der Waals surface area contributed by atoms with Crippen molar-refractivity contribution in [2.24, 2.45) is 0 Å². The van der Waals surface area contributed by atoms with Crippen molar-refractivity contribution in [3.63, 3.8) is 0 Å². The molecule has 0 spiro atoms. The first-order chi connectivity index (χ1) is 31.5. The van der Waals surface area contributed by atoms with Gasteiger partial charge in [-0.3, -0.25) is 39.0 Å². The molecular weight excluding hydrogens is 957 g/mol. The minimum atomic E-state index is -1.86. The van der Waals surface area contributed by atoms with Crippen LogP contribution in [0.2, 0.25) is 0 Å². The number of carboxylic acid groups (broad SMARTS) is 6. The number of benzene rings is 1. The molecule has 1 rings (SSSR count). The van der Waals surface area contributed by atoms with Crippen LogP contribution in [0, 0.1) is 0 Å². The number of ether oxygens (including phenoxy) is 1. The number of nitrogens with one attached hydrogen (secondary N) is 8. The molecule has 0 aliphatic carbocycles. The Bertz CT molecular complexity index is 1960. The molecule has 6 atom stereocenters. The minimum Gasteiger partial charge on any atom is -0.481 e. The molecule has 0 saturated heterocycles. The summed E-state index contributed by atoms with van der Waals surface area (Å²) in [5, 5.41) is 69.7. The average molecular weight is 1010 g/mol. The number of carboxylic acids is 6. The maximum atomic E-state index is 13.5. The number of hydrogen-bond acceptors (Lipinski definition) is 16. The molecule has 370 valence electrons. The van der Waals surface area contributed by atoms with E-state index in [0.29, 0.717) is 5.56 Å². The number of amides is 6. The second-order valence-corrected chi connectivity index (χ2v) is 16.8. The number of rotatable bonds is 31. The Kier molecular flexibility index (Phi) is 26.9. The van der Waals surface area contributed by atoms with Gasteiger partial charge in [0.1, 0.15) is 42.9 Å². The highest BCUT2D eigenvalue weighted by atomic mass is 33.1. The van der Waals surface area contributed by atoms with Crippen LogP contribution in [0.15, 0.2) is 30.3 Å². The highest BCUT2D eigenvalue weighted by molar-refractivity contribution is 8.76. The molecule has 0 bridgehead atoms. The van der Waals surface area contributed by atoms with E-state index in [1.54, 1.807) is 30.3 Å². The second-order valence-electron chi connectivity index (χ2n) is 13.8. The van der Waals surface area contributed by atoms with Crippen LogP contribution in [0.4, 0.5) is 4.79 Å². The fraction of sp³-hybridized carbons (Fsp3) is 0.486. The average Bonchev–Trinajstić information content (AvgIpc) is 3.24. The molecule has 0 radical (unpaired) electrons. The molecule has 67 heavy (non-hydrogen) atoms. The van der Waals surface area contributed by atoms with Crippen molar-refractivity contribution in [2.45, 2.75) is 94.5 Å². The van der Waals surface area contributed by atoms with Crippen LogP contribution >= 0.6 is 33.8 Å². The highest BCUT2D eigenvalue weighted by Gasteiger charge is 2.32. The Morgan fingerprint density at radius 3 is 1.54 bits per heavy atom. The third-order valence-corrected chi connectivity index (χ3v) is 11.0. The summed E-state index contributed by atoms with van der Waals surface area (Å²) in [5.41, 5.74) is 4.49. The van der Waals surface area contributed by atoms with Gasteiger partial charge in [-0.2, -0.15) is 0 Å². The van der Waals surface area contributed by atoms with E-state index in [9.17, 15) is 83.1 Å². The van der Waals surface area contributed by atoms with Gasteiger partial charge >= 0.3 is 41.9 Å². The van der Waals surface area contributed by atoms with Gasteiger partial charge in [0, 0.05) is 44.1 Å². The summed E-state index contributed by atoms with van der Waals surface area (Å²) < 4.78 is 4.83. The zero-order valence-corrected chi connectivity index (χ0v) is 37.8. The zero-order chi connectivity index (χ0) is 50.6. The largest absolute Gasteiger partial charge is 0.481 e. The van der Waals surface area contributed by atoms with Crippen LogP contribution in [0.25, 0.3) is 0 Å². The van der Waals surface area contributed by atoms with Crippen molar-refractivity contribution in [1.29, 1.82) is 0 Å². The van der Waals surface area contributed by atoms with Gasteiger partial charge in [0.15, 0.2) is 5.11 Å². The Labute approximate surface area is 393 Å². The lowest BCUT2D eigenvalue weighted by molar-refractivity contribution is -0.143. The molecule has 0 saturated carbocycles. The molecule has 0 aliphatic heterocycles. The number of aliphatic carboxylic acids is 6. The van der Waals surface area contributed by atoms with Crippen LogP contribution in [-0.2, 0) is 63.9 Å². The van der Waals surface area contributed by atoms with Crippen molar-refractivity contribution in [1.82, 2.24) is 42.8 Å². The number of hydrogen-bond donors (Lipinski definition) is 14. The Morgan fingerprint density at radius 2 is 1.04 bits per heavy atom. The fourth-order valence-corrected chi connectivity index (χ4v) is 7.43. The zero-order valence-electron chi connectivity index (χ0n) is 35.3. The quantitative estimate of drug-likeness (QED) is 0.0162. The summed E-state index contributed by atoms with van der Waals surface area (Å²) in [6.45, 7) is 1.03. The van der Waals surface area contributed by atoms with E-state index in [4.69, 9.17) is 22.1 Å². The standard InChI is InChI=1S/C37H50N8O19S3/c1-18(46)44-45-37(63)64-13-14-66-67-17-25(35(61)62)41-30(53)23(15-19-5-3-2-4-6-19)40-31(54)24(16-29(51)52)39-27(48)10-7-20(32(55)56)38-26(47)11-8-21(33(57)58)42-36(65)43-22(34(59)60)9-12-28(49)50/h2-6,20-25H,7-17H2,1H3,(H,38,47)(H,39,48)(H,40,54)(H,41,53)(H,44,46)(H,45,63)(H,49,50)(H,51,52)(H,55,56)(H,57,58)(H,59,60)(H,61,62)(H2,42,43,65)/t20-,21+,22+,23-,24-,25-/m0/s1.